The van der Waals surface area contributed by atoms with Gasteiger partial charge in [0.15, 0.2) is 11.6 Å². The van der Waals surface area contributed by atoms with Gasteiger partial charge in [-0.15, -0.1) is 0 Å². The van der Waals surface area contributed by atoms with Crippen molar-refractivity contribution in [1.82, 2.24) is 0 Å². The second kappa shape index (κ2) is 8.31. The van der Waals surface area contributed by atoms with E-state index in [1.54, 1.807) is 25.3 Å². The first-order valence-corrected chi connectivity index (χ1v) is 7.51. The van der Waals surface area contributed by atoms with E-state index in [1.807, 2.05) is 31.1 Å². The Morgan fingerprint density at radius 1 is 1.12 bits per heavy atom. The molecule has 0 aliphatic carbocycles. The number of halogens is 1. The number of carbonyl (C=O) groups excluding carboxylic acids is 1. The highest BCUT2D eigenvalue weighted by Crippen LogP contribution is 2.22. The Morgan fingerprint density at radius 2 is 1.83 bits per heavy atom. The number of nitrogens with zero attached hydrogens (tertiary/aromatic N) is 1. The number of rotatable bonds is 7. The molecule has 2 aromatic rings. The summed E-state index contributed by atoms with van der Waals surface area (Å²) in [5.74, 6) is -0.708. The number of hydrogen-bond acceptors (Lipinski definition) is 4. The summed E-state index contributed by atoms with van der Waals surface area (Å²) in [7, 11) is 5.39. The van der Waals surface area contributed by atoms with Crippen molar-refractivity contribution in [2.45, 2.75) is 0 Å². The minimum atomic E-state index is -0.535. The molecule has 24 heavy (non-hydrogen) atoms. The molecule has 0 aliphatic rings. The van der Waals surface area contributed by atoms with E-state index in [9.17, 15) is 9.18 Å². The number of ether oxygens (including phenoxy) is 2. The van der Waals surface area contributed by atoms with Gasteiger partial charge in [0.2, 0.25) is 0 Å². The molecule has 128 valence electrons. The van der Waals surface area contributed by atoms with Crippen LogP contribution in [0.1, 0.15) is 10.4 Å². The van der Waals surface area contributed by atoms with Crippen molar-refractivity contribution in [3.8, 4) is 5.75 Å². The summed E-state index contributed by atoms with van der Waals surface area (Å²) in [4.78, 5) is 14.2. The minimum Gasteiger partial charge on any atom is -0.488 e. The molecule has 0 aliphatic heterocycles. The highest BCUT2D eigenvalue weighted by molar-refractivity contribution is 6.04. The second-order valence-electron chi connectivity index (χ2n) is 5.38. The summed E-state index contributed by atoms with van der Waals surface area (Å²) >= 11 is 0. The van der Waals surface area contributed by atoms with Crippen molar-refractivity contribution in [1.29, 1.82) is 0 Å². The third-order valence-electron chi connectivity index (χ3n) is 3.38. The van der Waals surface area contributed by atoms with E-state index in [2.05, 4.69) is 5.32 Å². The van der Waals surface area contributed by atoms with Gasteiger partial charge in [-0.1, -0.05) is 0 Å². The number of methoxy groups -OCH3 is 1. The van der Waals surface area contributed by atoms with E-state index >= 15 is 0 Å². The van der Waals surface area contributed by atoms with Gasteiger partial charge in [-0.3, -0.25) is 4.79 Å². The molecule has 2 aromatic carbocycles. The molecule has 1 amide bonds. The van der Waals surface area contributed by atoms with Gasteiger partial charge in [-0.2, -0.15) is 0 Å². The van der Waals surface area contributed by atoms with Crippen LogP contribution in [-0.4, -0.2) is 40.3 Å². The number of benzene rings is 2. The van der Waals surface area contributed by atoms with Gasteiger partial charge >= 0.3 is 0 Å². The van der Waals surface area contributed by atoms with Crippen molar-refractivity contribution < 1.29 is 18.7 Å². The molecular formula is C18H21FN2O3. The van der Waals surface area contributed by atoms with Crippen LogP contribution in [0.2, 0.25) is 0 Å². The third kappa shape index (κ3) is 4.70. The van der Waals surface area contributed by atoms with Crippen LogP contribution in [-0.2, 0) is 4.74 Å². The third-order valence-corrected chi connectivity index (χ3v) is 3.38. The summed E-state index contributed by atoms with van der Waals surface area (Å²) in [6, 6.07) is 11.5. The normalized spacial score (nSPS) is 10.3. The maximum Gasteiger partial charge on any atom is 0.255 e. The average molecular weight is 332 g/mol. The fourth-order valence-corrected chi connectivity index (χ4v) is 2.04. The minimum absolute atomic E-state index is 0.125. The van der Waals surface area contributed by atoms with Crippen LogP contribution in [0.4, 0.5) is 15.8 Å². The maximum absolute atomic E-state index is 13.9. The summed E-state index contributed by atoms with van der Waals surface area (Å²) in [5, 5.41) is 2.67. The summed E-state index contributed by atoms with van der Waals surface area (Å²) < 4.78 is 24.0. The zero-order chi connectivity index (χ0) is 17.5. The van der Waals surface area contributed by atoms with Gasteiger partial charge in [0.1, 0.15) is 6.61 Å². The Balaban J connectivity index is 2.02. The molecular weight excluding hydrogens is 311 g/mol. The van der Waals surface area contributed by atoms with Crippen LogP contribution in [0.5, 0.6) is 5.75 Å². The summed E-state index contributed by atoms with van der Waals surface area (Å²) in [6.07, 6.45) is 0. The smallest absolute Gasteiger partial charge is 0.255 e. The molecule has 0 spiro atoms. The number of carbonyl (C=O) groups is 1. The fourth-order valence-electron chi connectivity index (χ4n) is 2.04. The van der Waals surface area contributed by atoms with Crippen molar-refractivity contribution >= 4 is 17.3 Å². The topological polar surface area (TPSA) is 50.8 Å². The zero-order valence-corrected chi connectivity index (χ0v) is 14.0. The predicted octanol–water partition coefficient (Wildman–Crippen LogP) is 3.17. The standard InChI is InChI=1S/C18H21FN2O3/c1-21(2)15-7-4-13(5-8-15)18(22)20-14-6-9-17(16(19)12-14)24-11-10-23-3/h4-9,12H,10-11H2,1-3H3,(H,20,22). The number of nitrogens with one attached hydrogen (secondary N) is 1. The first kappa shape index (κ1) is 17.7. The lowest BCUT2D eigenvalue weighted by atomic mass is 10.2. The van der Waals surface area contributed by atoms with Gasteiger partial charge in [0.05, 0.1) is 6.61 Å². The van der Waals surface area contributed by atoms with Crippen LogP contribution >= 0.6 is 0 Å². The van der Waals surface area contributed by atoms with E-state index in [0.29, 0.717) is 17.9 Å². The molecule has 6 heteroatoms. The Hall–Kier alpha value is -2.60. The monoisotopic (exact) mass is 332 g/mol. The first-order valence-electron chi connectivity index (χ1n) is 7.51. The fraction of sp³-hybridized carbons (Fsp3) is 0.278. The Kier molecular flexibility index (Phi) is 6.14. The molecule has 0 saturated carbocycles. The lowest BCUT2D eigenvalue weighted by molar-refractivity contribution is 0.102. The molecule has 0 heterocycles. The van der Waals surface area contributed by atoms with E-state index in [0.717, 1.165) is 5.69 Å². The van der Waals surface area contributed by atoms with Crippen LogP contribution < -0.4 is 15.0 Å². The van der Waals surface area contributed by atoms with E-state index < -0.39 is 5.82 Å². The van der Waals surface area contributed by atoms with Crippen LogP contribution in [0.15, 0.2) is 42.5 Å². The van der Waals surface area contributed by atoms with Crippen LogP contribution in [0.25, 0.3) is 0 Å². The zero-order valence-electron chi connectivity index (χ0n) is 14.0. The molecule has 0 aromatic heterocycles. The first-order chi connectivity index (χ1) is 11.5. The Morgan fingerprint density at radius 3 is 2.42 bits per heavy atom. The van der Waals surface area contributed by atoms with Crippen molar-refractivity contribution in [3.63, 3.8) is 0 Å². The highest BCUT2D eigenvalue weighted by atomic mass is 19.1. The number of anilines is 2. The van der Waals surface area contributed by atoms with Crippen molar-refractivity contribution in [2.24, 2.45) is 0 Å². The van der Waals surface area contributed by atoms with Gasteiger partial charge in [0, 0.05) is 44.2 Å². The van der Waals surface area contributed by atoms with Crippen LogP contribution in [0.3, 0.4) is 0 Å². The predicted molar refractivity (Wildman–Crippen MR) is 92.5 cm³/mol. The van der Waals surface area contributed by atoms with Gasteiger partial charge in [-0.25, -0.2) is 4.39 Å². The van der Waals surface area contributed by atoms with E-state index in [1.165, 1.54) is 12.1 Å². The second-order valence-corrected chi connectivity index (χ2v) is 5.38. The number of amides is 1. The highest BCUT2D eigenvalue weighted by Gasteiger charge is 2.09. The largest absolute Gasteiger partial charge is 0.488 e. The number of hydrogen-bond donors (Lipinski definition) is 1. The average Bonchev–Trinajstić information content (AvgIpc) is 2.57. The molecule has 0 radical (unpaired) electrons. The quantitative estimate of drug-likeness (QED) is 0.791. The van der Waals surface area contributed by atoms with Gasteiger partial charge in [0.25, 0.3) is 5.91 Å². The van der Waals surface area contributed by atoms with E-state index in [4.69, 9.17) is 9.47 Å². The van der Waals surface area contributed by atoms with Gasteiger partial charge < -0.3 is 19.7 Å². The molecule has 0 atom stereocenters. The van der Waals surface area contributed by atoms with Crippen molar-refractivity contribution in [2.75, 3.05) is 44.6 Å². The van der Waals surface area contributed by atoms with Gasteiger partial charge in [-0.05, 0) is 36.4 Å². The molecule has 0 bridgehead atoms. The lowest BCUT2D eigenvalue weighted by Crippen LogP contribution is -2.13. The Labute approximate surface area is 141 Å². The SMILES string of the molecule is COCCOc1ccc(NC(=O)c2ccc(N(C)C)cc2)cc1F. The van der Waals surface area contributed by atoms with E-state index in [-0.39, 0.29) is 18.3 Å². The van der Waals surface area contributed by atoms with Crippen molar-refractivity contribution in [3.05, 3.63) is 53.8 Å². The summed E-state index contributed by atoms with van der Waals surface area (Å²) in [5.41, 5.74) is 1.87. The molecule has 0 fully saturated rings. The Bertz CT molecular complexity index is 687. The lowest BCUT2D eigenvalue weighted by Gasteiger charge is -2.13. The molecule has 5 nitrogen and oxygen atoms in total. The van der Waals surface area contributed by atoms with Crippen LogP contribution in [0, 0.1) is 5.82 Å². The maximum atomic E-state index is 13.9. The summed E-state index contributed by atoms with van der Waals surface area (Å²) in [6.45, 7) is 0.637. The molecule has 0 saturated heterocycles. The molecule has 2 rings (SSSR count). The molecule has 1 N–H and O–H groups in total. The molecule has 0 unspecified atom stereocenters.